The summed E-state index contributed by atoms with van der Waals surface area (Å²) in [6, 6.07) is 10.7. The average Bonchev–Trinajstić information content (AvgIpc) is 3.34. The Morgan fingerprint density at radius 3 is 2.69 bits per heavy atom. The number of methoxy groups -OCH3 is 1. The highest BCUT2D eigenvalue weighted by molar-refractivity contribution is 8.00. The summed E-state index contributed by atoms with van der Waals surface area (Å²) in [5.74, 6) is 0.766. The molecule has 0 spiro atoms. The van der Waals surface area contributed by atoms with Gasteiger partial charge in [0, 0.05) is 25.8 Å². The lowest BCUT2D eigenvalue weighted by Gasteiger charge is -2.11. The number of hydrogen-bond donors (Lipinski definition) is 1. The quantitative estimate of drug-likeness (QED) is 0.341. The van der Waals surface area contributed by atoms with Gasteiger partial charge in [-0.05, 0) is 23.6 Å². The zero-order valence-corrected chi connectivity index (χ0v) is 19.1. The molecule has 0 atom stereocenters. The first-order valence-corrected chi connectivity index (χ1v) is 11.3. The monoisotopic (exact) mass is 469 g/mol. The number of rotatable bonds is 6. The first-order chi connectivity index (χ1) is 15.4. The fourth-order valence-corrected chi connectivity index (χ4v) is 4.55. The number of nitrogens with one attached hydrogen (secondary N) is 1. The summed E-state index contributed by atoms with van der Waals surface area (Å²) < 4.78 is 7.50. The van der Waals surface area contributed by atoms with Crippen molar-refractivity contribution in [1.29, 1.82) is 0 Å². The van der Waals surface area contributed by atoms with Crippen LogP contribution < -0.4 is 21.3 Å². The lowest BCUT2D eigenvalue weighted by molar-refractivity contribution is -0.113. The second-order valence-corrected chi connectivity index (χ2v) is 8.71. The Morgan fingerprint density at radius 2 is 1.97 bits per heavy atom. The van der Waals surface area contributed by atoms with Gasteiger partial charge in [-0.25, -0.2) is 14.8 Å². The number of hydrogen-bond acceptors (Lipinski definition) is 8. The van der Waals surface area contributed by atoms with Gasteiger partial charge in [0.25, 0.3) is 5.56 Å². The van der Waals surface area contributed by atoms with Gasteiger partial charge < -0.3 is 10.1 Å². The van der Waals surface area contributed by atoms with Crippen molar-refractivity contribution < 1.29 is 9.53 Å². The van der Waals surface area contributed by atoms with Gasteiger partial charge in [-0.3, -0.25) is 18.7 Å². The van der Waals surface area contributed by atoms with Crippen LogP contribution in [0.4, 0.5) is 5.69 Å². The third-order valence-electron chi connectivity index (χ3n) is 4.70. The largest absolute Gasteiger partial charge is 0.497 e. The molecule has 4 rings (SSSR count). The van der Waals surface area contributed by atoms with E-state index in [1.807, 2.05) is 17.5 Å². The van der Waals surface area contributed by atoms with Crippen molar-refractivity contribution >= 4 is 45.7 Å². The van der Waals surface area contributed by atoms with E-state index in [0.29, 0.717) is 22.3 Å². The normalized spacial score (nSPS) is 11.0. The number of fused-ring (bicyclic) bond motifs is 1. The molecule has 9 nitrogen and oxygen atoms in total. The van der Waals surface area contributed by atoms with Crippen LogP contribution in [0.3, 0.4) is 0 Å². The fraction of sp³-hybridized carbons (Fsp3) is 0.190. The number of thiophene rings is 1. The van der Waals surface area contributed by atoms with E-state index in [2.05, 4.69) is 15.3 Å². The van der Waals surface area contributed by atoms with Crippen LogP contribution in [0.2, 0.25) is 0 Å². The summed E-state index contributed by atoms with van der Waals surface area (Å²) in [6.07, 6.45) is 0. The second kappa shape index (κ2) is 8.97. The van der Waals surface area contributed by atoms with Crippen LogP contribution in [-0.4, -0.2) is 37.9 Å². The molecule has 0 radical (unpaired) electrons. The number of aryl methyl sites for hydroxylation is 1. The van der Waals surface area contributed by atoms with Crippen molar-refractivity contribution in [3.8, 4) is 16.5 Å². The summed E-state index contributed by atoms with van der Waals surface area (Å²) >= 11 is 2.56. The van der Waals surface area contributed by atoms with Crippen LogP contribution in [0.1, 0.15) is 0 Å². The topological polar surface area (TPSA) is 108 Å². The third kappa shape index (κ3) is 4.16. The molecule has 0 aliphatic rings. The van der Waals surface area contributed by atoms with Gasteiger partial charge in [0.2, 0.25) is 5.91 Å². The first-order valence-electron chi connectivity index (χ1n) is 9.47. The predicted molar refractivity (Wildman–Crippen MR) is 126 cm³/mol. The molecule has 0 unspecified atom stereocenters. The molecule has 3 aromatic heterocycles. The van der Waals surface area contributed by atoms with E-state index >= 15 is 0 Å². The zero-order valence-electron chi connectivity index (χ0n) is 17.5. The number of thioether (sulfide) groups is 1. The highest BCUT2D eigenvalue weighted by Crippen LogP contribution is 2.28. The van der Waals surface area contributed by atoms with Gasteiger partial charge in [-0.2, -0.15) is 0 Å². The minimum absolute atomic E-state index is 0.0131. The molecule has 0 saturated carbocycles. The van der Waals surface area contributed by atoms with E-state index < -0.39 is 11.2 Å². The van der Waals surface area contributed by atoms with Crippen molar-refractivity contribution in [2.24, 2.45) is 14.1 Å². The molecule has 11 heteroatoms. The molecule has 4 aromatic rings. The van der Waals surface area contributed by atoms with E-state index in [-0.39, 0.29) is 22.7 Å². The molecule has 1 aromatic carbocycles. The first kappa shape index (κ1) is 21.8. The molecule has 164 valence electrons. The molecule has 3 heterocycles. The molecule has 1 N–H and O–H groups in total. The number of ether oxygens (including phenoxy) is 1. The lowest BCUT2D eigenvalue weighted by Crippen LogP contribution is -2.37. The maximum absolute atomic E-state index is 12.9. The summed E-state index contributed by atoms with van der Waals surface area (Å²) in [6.45, 7) is 0. The molecule has 0 saturated heterocycles. The van der Waals surface area contributed by atoms with E-state index in [0.717, 1.165) is 21.2 Å². The van der Waals surface area contributed by atoms with Crippen LogP contribution in [0.25, 0.3) is 21.7 Å². The van der Waals surface area contributed by atoms with Gasteiger partial charge in [-0.15, -0.1) is 11.3 Å². The summed E-state index contributed by atoms with van der Waals surface area (Å²) in [5, 5.41) is 5.24. The molecular formula is C21H19N5O4S2. The van der Waals surface area contributed by atoms with Gasteiger partial charge in [-0.1, -0.05) is 23.9 Å². The number of nitrogens with zero attached hydrogens (tertiary/aromatic N) is 4. The lowest BCUT2D eigenvalue weighted by atomic mass is 10.3. The van der Waals surface area contributed by atoms with Crippen molar-refractivity contribution in [2.45, 2.75) is 5.03 Å². The van der Waals surface area contributed by atoms with Gasteiger partial charge in [0.05, 0.1) is 17.7 Å². The summed E-state index contributed by atoms with van der Waals surface area (Å²) in [5.41, 5.74) is -0.158. The highest BCUT2D eigenvalue weighted by atomic mass is 32.2. The molecule has 0 fully saturated rings. The highest BCUT2D eigenvalue weighted by Gasteiger charge is 2.19. The smallest absolute Gasteiger partial charge is 0.332 e. The van der Waals surface area contributed by atoms with E-state index in [1.54, 1.807) is 38.4 Å². The Morgan fingerprint density at radius 1 is 1.16 bits per heavy atom. The van der Waals surface area contributed by atoms with Gasteiger partial charge >= 0.3 is 5.69 Å². The van der Waals surface area contributed by atoms with Crippen LogP contribution in [0.15, 0.2) is 56.4 Å². The van der Waals surface area contributed by atoms with E-state index in [1.165, 1.54) is 23.0 Å². The zero-order chi connectivity index (χ0) is 22.8. The minimum atomic E-state index is -0.503. The minimum Gasteiger partial charge on any atom is -0.497 e. The van der Waals surface area contributed by atoms with Crippen molar-refractivity contribution in [3.05, 3.63) is 62.6 Å². The number of anilines is 1. The standard InChI is InChI=1S/C21H19N5O4S2/c1-25-18-16(20(28)26(2)21(25)29)19(24-17(23-18)14-8-5-9-31-14)32-11-15(27)22-12-6-4-7-13(10-12)30-3/h4-10H,11H2,1-3H3,(H,22,27). The number of aromatic nitrogens is 4. The maximum Gasteiger partial charge on any atom is 0.332 e. The van der Waals surface area contributed by atoms with E-state index in [4.69, 9.17) is 4.74 Å². The SMILES string of the molecule is COc1cccc(NC(=O)CSc2nc(-c3cccs3)nc3c2c(=O)n(C)c(=O)n3C)c1. The Kier molecular flexibility index (Phi) is 6.10. The van der Waals surface area contributed by atoms with Crippen molar-refractivity contribution in [2.75, 3.05) is 18.2 Å². The van der Waals surface area contributed by atoms with Crippen LogP contribution >= 0.6 is 23.1 Å². The number of carbonyl (C=O) groups excluding carboxylic acids is 1. The Balaban J connectivity index is 1.71. The summed E-state index contributed by atoms with van der Waals surface area (Å²) in [7, 11) is 4.51. The number of amides is 1. The molecule has 0 bridgehead atoms. The molecule has 0 aliphatic heterocycles. The Labute approximate surface area is 190 Å². The average molecular weight is 470 g/mol. The third-order valence-corrected chi connectivity index (χ3v) is 6.54. The molecule has 1 amide bonds. The maximum atomic E-state index is 12.9. The van der Waals surface area contributed by atoms with E-state index in [9.17, 15) is 14.4 Å². The number of benzene rings is 1. The molecular weight excluding hydrogens is 450 g/mol. The molecule has 0 aliphatic carbocycles. The summed E-state index contributed by atoms with van der Waals surface area (Å²) in [4.78, 5) is 47.7. The van der Waals surface area contributed by atoms with Gasteiger partial charge in [0.1, 0.15) is 16.2 Å². The number of carbonyl (C=O) groups is 1. The fourth-order valence-electron chi connectivity index (χ4n) is 3.08. The second-order valence-electron chi connectivity index (χ2n) is 6.80. The van der Waals surface area contributed by atoms with Crippen LogP contribution in [0, 0.1) is 0 Å². The Bertz CT molecular complexity index is 1430. The van der Waals surface area contributed by atoms with Crippen molar-refractivity contribution in [1.82, 2.24) is 19.1 Å². The van der Waals surface area contributed by atoms with Gasteiger partial charge in [0.15, 0.2) is 11.5 Å². The molecule has 32 heavy (non-hydrogen) atoms. The Hall–Kier alpha value is -3.44. The van der Waals surface area contributed by atoms with Crippen molar-refractivity contribution in [3.63, 3.8) is 0 Å². The van der Waals surface area contributed by atoms with Crippen LogP contribution in [-0.2, 0) is 18.9 Å². The predicted octanol–water partition coefficient (Wildman–Crippen LogP) is 2.50. The van der Waals surface area contributed by atoms with Crippen LogP contribution in [0.5, 0.6) is 5.75 Å².